The molecule has 0 spiro atoms. The van der Waals surface area contributed by atoms with Crippen molar-refractivity contribution < 1.29 is 15.0 Å². The lowest BCUT2D eigenvalue weighted by Gasteiger charge is -2.20. The molecule has 0 aliphatic heterocycles. The number of allylic oxidation sites excluding steroid dienone is 1. The van der Waals surface area contributed by atoms with Gasteiger partial charge in [-0.3, -0.25) is 4.79 Å². The number of ketones is 1. The van der Waals surface area contributed by atoms with Crippen LogP contribution < -0.4 is 0 Å². The van der Waals surface area contributed by atoms with Crippen molar-refractivity contribution in [3.63, 3.8) is 0 Å². The van der Waals surface area contributed by atoms with Crippen LogP contribution in [0, 0.1) is 0 Å². The van der Waals surface area contributed by atoms with Gasteiger partial charge in [0.2, 0.25) is 0 Å². The number of phenols is 1. The highest BCUT2D eigenvalue weighted by atomic mass is 32.2. The Kier molecular flexibility index (Phi) is 8.62. The summed E-state index contributed by atoms with van der Waals surface area (Å²) >= 11 is 1.51. The quantitative estimate of drug-likeness (QED) is 0.327. The number of carbonyl (C=O) groups is 1. The number of carbonyl (C=O) groups excluding carboxylic acids is 1. The fourth-order valence-electron chi connectivity index (χ4n) is 2.82. The smallest absolute Gasteiger partial charge is 0.163 e. The Hall–Kier alpha value is -2.04. The van der Waals surface area contributed by atoms with Crippen molar-refractivity contribution in [2.45, 2.75) is 55.8 Å². The van der Waals surface area contributed by atoms with Crippen molar-refractivity contribution in [1.82, 2.24) is 0 Å². The molecular weight excluding hydrogens is 356 g/mol. The van der Waals surface area contributed by atoms with Crippen LogP contribution in [0.2, 0.25) is 0 Å². The lowest BCUT2D eigenvalue weighted by atomic mass is 10.1. The molecule has 2 rings (SSSR count). The van der Waals surface area contributed by atoms with E-state index in [1.165, 1.54) is 24.2 Å². The first-order valence-corrected chi connectivity index (χ1v) is 10.3. The molecule has 2 aromatic rings. The van der Waals surface area contributed by atoms with E-state index in [-0.39, 0.29) is 16.8 Å². The molecule has 0 aromatic heterocycles. The number of Topliss-reactive ketones (excluding diaryl/α,β-unsaturated/α-hetero) is 1. The molecule has 0 aliphatic rings. The molecule has 0 radical (unpaired) electrons. The van der Waals surface area contributed by atoms with Gasteiger partial charge in [-0.2, -0.15) is 0 Å². The van der Waals surface area contributed by atoms with Crippen molar-refractivity contribution in [2.24, 2.45) is 0 Å². The highest BCUT2D eigenvalue weighted by molar-refractivity contribution is 8.00. The Morgan fingerprint density at radius 2 is 1.93 bits per heavy atom. The number of aliphatic hydroxyl groups excluding tert-OH is 1. The van der Waals surface area contributed by atoms with Gasteiger partial charge in [0.05, 0.1) is 16.9 Å². The first kappa shape index (κ1) is 21.3. The number of unbranched alkanes of at least 4 members (excludes halogenated alkanes) is 1. The summed E-state index contributed by atoms with van der Waals surface area (Å²) in [5.74, 6) is -0.172. The van der Waals surface area contributed by atoms with E-state index in [0.717, 1.165) is 30.6 Å². The Bertz CT molecular complexity index is 755. The van der Waals surface area contributed by atoms with Gasteiger partial charge in [0.25, 0.3) is 0 Å². The van der Waals surface area contributed by atoms with Crippen molar-refractivity contribution in [3.8, 4) is 5.75 Å². The molecule has 27 heavy (non-hydrogen) atoms. The minimum atomic E-state index is -0.461. The van der Waals surface area contributed by atoms with E-state index in [2.05, 4.69) is 25.1 Å². The van der Waals surface area contributed by atoms with Gasteiger partial charge in [0.1, 0.15) is 5.75 Å². The molecule has 0 unspecified atom stereocenters. The fraction of sp³-hybridized carbons (Fsp3) is 0.348. The topological polar surface area (TPSA) is 57.5 Å². The molecule has 3 nitrogen and oxygen atoms in total. The maximum Gasteiger partial charge on any atom is 0.163 e. The van der Waals surface area contributed by atoms with Crippen molar-refractivity contribution in [2.75, 3.05) is 0 Å². The molecule has 0 heterocycles. The second-order valence-corrected chi connectivity index (χ2v) is 7.90. The minimum absolute atomic E-state index is 0.0115. The number of hydrogen-bond donors (Lipinski definition) is 2. The molecule has 2 atom stereocenters. The largest absolute Gasteiger partial charge is 0.507 e. The first-order chi connectivity index (χ1) is 13.0. The van der Waals surface area contributed by atoms with Gasteiger partial charge in [-0.25, -0.2) is 0 Å². The summed E-state index contributed by atoms with van der Waals surface area (Å²) in [6.45, 7) is 3.55. The zero-order valence-electron chi connectivity index (χ0n) is 16.0. The average molecular weight is 385 g/mol. The Balaban J connectivity index is 2.11. The maximum atomic E-state index is 11.5. The molecule has 0 amide bonds. The molecule has 0 bridgehead atoms. The van der Waals surface area contributed by atoms with Gasteiger partial charge in [0.15, 0.2) is 5.78 Å². The second-order valence-electron chi connectivity index (χ2n) is 6.65. The predicted octanol–water partition coefficient (Wildman–Crippen LogP) is 5.41. The second kappa shape index (κ2) is 11.0. The van der Waals surface area contributed by atoms with Gasteiger partial charge in [-0.1, -0.05) is 62.2 Å². The van der Waals surface area contributed by atoms with E-state index in [0.29, 0.717) is 5.56 Å². The van der Waals surface area contributed by atoms with Crippen LogP contribution in [0.3, 0.4) is 0 Å². The maximum absolute atomic E-state index is 11.5. The lowest BCUT2D eigenvalue weighted by molar-refractivity contribution is 0.101. The van der Waals surface area contributed by atoms with Gasteiger partial charge in [0, 0.05) is 4.90 Å². The van der Waals surface area contributed by atoms with Gasteiger partial charge >= 0.3 is 0 Å². The molecule has 0 aliphatic carbocycles. The highest BCUT2D eigenvalue weighted by Gasteiger charge is 2.18. The number of thioether (sulfide) groups is 1. The van der Waals surface area contributed by atoms with Crippen molar-refractivity contribution >= 4 is 17.5 Å². The van der Waals surface area contributed by atoms with Gasteiger partial charge < -0.3 is 10.2 Å². The number of benzene rings is 2. The van der Waals surface area contributed by atoms with E-state index < -0.39 is 6.10 Å². The number of aliphatic hydroxyl groups is 1. The molecule has 4 heteroatoms. The van der Waals surface area contributed by atoms with Crippen LogP contribution in [0.5, 0.6) is 5.75 Å². The Morgan fingerprint density at radius 1 is 1.19 bits per heavy atom. The number of rotatable bonds is 10. The highest BCUT2D eigenvalue weighted by Crippen LogP contribution is 2.32. The number of aromatic hydroxyl groups is 1. The van der Waals surface area contributed by atoms with Crippen LogP contribution in [0.1, 0.15) is 49.0 Å². The van der Waals surface area contributed by atoms with E-state index in [1.54, 1.807) is 12.1 Å². The molecule has 0 fully saturated rings. The number of phenolic OH excluding ortho intramolecular Hbond substituents is 1. The molecule has 2 aromatic carbocycles. The summed E-state index contributed by atoms with van der Waals surface area (Å²) in [5, 5.41) is 20.6. The lowest BCUT2D eigenvalue weighted by Crippen LogP contribution is -2.21. The van der Waals surface area contributed by atoms with Gasteiger partial charge in [-0.05, 0) is 43.5 Å². The molecular formula is C23H28O3S. The van der Waals surface area contributed by atoms with Crippen LogP contribution in [-0.4, -0.2) is 27.4 Å². The fourth-order valence-corrected chi connectivity index (χ4v) is 3.94. The molecule has 0 saturated heterocycles. The van der Waals surface area contributed by atoms with E-state index in [4.69, 9.17) is 0 Å². The summed E-state index contributed by atoms with van der Waals surface area (Å²) in [6, 6.07) is 15.3. The van der Waals surface area contributed by atoms with Crippen molar-refractivity contribution in [3.05, 3.63) is 71.8 Å². The predicted molar refractivity (Wildman–Crippen MR) is 113 cm³/mol. The zero-order chi connectivity index (χ0) is 19.6. The summed E-state index contributed by atoms with van der Waals surface area (Å²) in [5.41, 5.74) is 1.55. The standard InChI is InChI=1S/C23H28O3S/c1-3-4-12-21(25)23(13-8-11-18-9-6-5-7-10-18)27-19-14-15-20(17(2)24)22(26)16-19/h5-10,13-16,21,23,25-26H,3-4,11-12H2,1-2H3/t21-,23+/m1/s1. The first-order valence-electron chi connectivity index (χ1n) is 9.40. The Morgan fingerprint density at radius 3 is 2.56 bits per heavy atom. The third-order valence-electron chi connectivity index (χ3n) is 4.38. The summed E-state index contributed by atoms with van der Waals surface area (Å²) in [6.07, 6.45) is 7.24. The minimum Gasteiger partial charge on any atom is -0.507 e. The summed E-state index contributed by atoms with van der Waals surface area (Å²) in [4.78, 5) is 12.3. The van der Waals surface area contributed by atoms with E-state index in [9.17, 15) is 15.0 Å². The van der Waals surface area contributed by atoms with Crippen molar-refractivity contribution in [1.29, 1.82) is 0 Å². The number of hydrogen-bond acceptors (Lipinski definition) is 4. The molecule has 2 N–H and O–H groups in total. The Labute approximate surface area is 166 Å². The molecule has 144 valence electrons. The van der Waals surface area contributed by atoms with Gasteiger partial charge in [-0.15, -0.1) is 11.8 Å². The van der Waals surface area contributed by atoms with Crippen LogP contribution >= 0.6 is 11.8 Å². The third kappa shape index (κ3) is 6.89. The van der Waals surface area contributed by atoms with Crippen LogP contribution in [-0.2, 0) is 6.42 Å². The van der Waals surface area contributed by atoms with Crippen LogP contribution in [0.15, 0.2) is 65.6 Å². The van der Waals surface area contributed by atoms with E-state index >= 15 is 0 Å². The monoisotopic (exact) mass is 384 g/mol. The SMILES string of the molecule is CCCC[C@@H](O)[C@H](C=CCc1ccccc1)Sc1ccc(C(C)=O)c(O)c1. The molecule has 0 saturated carbocycles. The van der Waals surface area contributed by atoms with E-state index in [1.807, 2.05) is 30.3 Å². The zero-order valence-corrected chi connectivity index (χ0v) is 16.8. The third-order valence-corrected chi connectivity index (χ3v) is 5.65. The normalized spacial score (nSPS) is 13.6. The van der Waals surface area contributed by atoms with Crippen LogP contribution in [0.4, 0.5) is 0 Å². The summed E-state index contributed by atoms with van der Waals surface area (Å²) in [7, 11) is 0. The summed E-state index contributed by atoms with van der Waals surface area (Å²) < 4.78 is 0. The van der Waals surface area contributed by atoms with Crippen LogP contribution in [0.25, 0.3) is 0 Å². The average Bonchev–Trinajstić information content (AvgIpc) is 2.66.